The molecular formula is C12H13N3O4. The van der Waals surface area contributed by atoms with Gasteiger partial charge in [-0.05, 0) is 19.9 Å². The van der Waals surface area contributed by atoms with Crippen molar-refractivity contribution < 1.29 is 14.8 Å². The first-order valence-corrected chi connectivity index (χ1v) is 5.64. The fraction of sp³-hybridized carbons (Fsp3) is 0.333. The van der Waals surface area contributed by atoms with E-state index in [2.05, 4.69) is 5.10 Å². The van der Waals surface area contributed by atoms with Crippen LogP contribution >= 0.6 is 0 Å². The van der Waals surface area contributed by atoms with Gasteiger partial charge in [-0.15, -0.1) is 0 Å². The molecule has 1 N–H and O–H groups in total. The van der Waals surface area contributed by atoms with E-state index in [4.69, 9.17) is 5.11 Å². The summed E-state index contributed by atoms with van der Waals surface area (Å²) in [5, 5.41) is 24.7. The fourth-order valence-corrected chi connectivity index (χ4v) is 1.74. The molecule has 0 saturated heterocycles. The maximum Gasteiger partial charge on any atom is 0.310 e. The van der Waals surface area contributed by atoms with Crippen LogP contribution in [0.1, 0.15) is 13.8 Å². The van der Waals surface area contributed by atoms with E-state index in [9.17, 15) is 14.9 Å². The SMILES string of the molecule is CC(C)(Cn1ncc2ccc([N+](=O)[O-])cc21)C(=O)O. The van der Waals surface area contributed by atoms with Gasteiger partial charge in [0.25, 0.3) is 5.69 Å². The lowest BCUT2D eigenvalue weighted by Crippen LogP contribution is -2.29. The molecule has 0 atom stereocenters. The Hall–Kier alpha value is -2.44. The molecule has 0 radical (unpaired) electrons. The van der Waals surface area contributed by atoms with Gasteiger partial charge >= 0.3 is 5.97 Å². The quantitative estimate of drug-likeness (QED) is 0.672. The van der Waals surface area contributed by atoms with Crippen molar-refractivity contribution in [1.82, 2.24) is 9.78 Å². The Kier molecular flexibility index (Phi) is 2.97. The van der Waals surface area contributed by atoms with E-state index in [1.54, 1.807) is 26.1 Å². The smallest absolute Gasteiger partial charge is 0.310 e. The number of rotatable bonds is 4. The Morgan fingerprint density at radius 2 is 2.21 bits per heavy atom. The summed E-state index contributed by atoms with van der Waals surface area (Å²) in [5.74, 6) is -0.943. The van der Waals surface area contributed by atoms with Gasteiger partial charge in [0.1, 0.15) is 0 Å². The standard InChI is InChI=1S/C12H13N3O4/c1-12(2,11(16)17)7-14-10-5-9(15(18)19)4-3-8(10)6-13-14/h3-6H,7H2,1-2H3,(H,16,17). The molecule has 1 heterocycles. The molecule has 0 amide bonds. The Balaban J connectivity index is 2.47. The van der Waals surface area contributed by atoms with Crippen LogP contribution in [0.15, 0.2) is 24.4 Å². The molecule has 7 nitrogen and oxygen atoms in total. The predicted octanol–water partition coefficient (Wildman–Crippen LogP) is 2.06. The first-order valence-electron chi connectivity index (χ1n) is 5.64. The summed E-state index contributed by atoms with van der Waals surface area (Å²) in [7, 11) is 0. The lowest BCUT2D eigenvalue weighted by Gasteiger charge is -2.19. The van der Waals surface area contributed by atoms with E-state index in [0.717, 1.165) is 5.39 Å². The van der Waals surface area contributed by atoms with E-state index in [1.165, 1.54) is 16.8 Å². The molecule has 0 aliphatic carbocycles. The largest absolute Gasteiger partial charge is 0.481 e. The number of carboxylic acids is 1. The number of fused-ring (bicyclic) bond motifs is 1. The summed E-state index contributed by atoms with van der Waals surface area (Å²) in [5.41, 5.74) is -0.477. The first kappa shape index (κ1) is 13.0. The van der Waals surface area contributed by atoms with Crippen LogP contribution in [-0.4, -0.2) is 25.8 Å². The summed E-state index contributed by atoms with van der Waals surface area (Å²) in [6.45, 7) is 3.31. The lowest BCUT2D eigenvalue weighted by molar-refractivity contribution is -0.384. The molecule has 0 bridgehead atoms. The Morgan fingerprint density at radius 1 is 1.53 bits per heavy atom. The number of non-ortho nitro benzene ring substituents is 1. The van der Waals surface area contributed by atoms with Crippen LogP contribution in [0.4, 0.5) is 5.69 Å². The van der Waals surface area contributed by atoms with Crippen molar-refractivity contribution in [3.63, 3.8) is 0 Å². The Bertz CT molecular complexity index is 660. The van der Waals surface area contributed by atoms with Gasteiger partial charge in [0, 0.05) is 17.5 Å². The molecule has 0 unspecified atom stereocenters. The number of nitro groups is 1. The molecular weight excluding hydrogens is 250 g/mol. The van der Waals surface area contributed by atoms with Crippen molar-refractivity contribution in [3.8, 4) is 0 Å². The van der Waals surface area contributed by atoms with Crippen molar-refractivity contribution in [3.05, 3.63) is 34.5 Å². The van der Waals surface area contributed by atoms with Crippen molar-refractivity contribution in [2.75, 3.05) is 0 Å². The van der Waals surface area contributed by atoms with E-state index in [-0.39, 0.29) is 12.2 Å². The van der Waals surface area contributed by atoms with Crippen LogP contribution in [-0.2, 0) is 11.3 Å². The Morgan fingerprint density at radius 3 is 2.79 bits per heavy atom. The molecule has 0 aliphatic heterocycles. The van der Waals surface area contributed by atoms with E-state index >= 15 is 0 Å². The topological polar surface area (TPSA) is 98.3 Å². The fourth-order valence-electron chi connectivity index (χ4n) is 1.74. The van der Waals surface area contributed by atoms with Gasteiger partial charge < -0.3 is 5.11 Å². The number of aromatic nitrogens is 2. The molecule has 1 aromatic carbocycles. The highest BCUT2D eigenvalue weighted by molar-refractivity contribution is 5.81. The summed E-state index contributed by atoms with van der Waals surface area (Å²) >= 11 is 0. The number of hydrogen-bond acceptors (Lipinski definition) is 4. The second kappa shape index (κ2) is 4.34. The minimum absolute atomic E-state index is 0.0395. The van der Waals surface area contributed by atoms with Crippen molar-refractivity contribution >= 4 is 22.6 Å². The maximum atomic E-state index is 11.1. The van der Waals surface area contributed by atoms with Crippen molar-refractivity contribution in [2.45, 2.75) is 20.4 Å². The molecule has 19 heavy (non-hydrogen) atoms. The van der Waals surface area contributed by atoms with Gasteiger partial charge in [-0.25, -0.2) is 0 Å². The zero-order valence-electron chi connectivity index (χ0n) is 10.5. The predicted molar refractivity (Wildman–Crippen MR) is 67.8 cm³/mol. The maximum absolute atomic E-state index is 11.1. The monoisotopic (exact) mass is 263 g/mol. The number of nitro benzene ring substituents is 1. The zero-order valence-corrected chi connectivity index (χ0v) is 10.5. The molecule has 1 aromatic heterocycles. The van der Waals surface area contributed by atoms with Gasteiger partial charge in [0.15, 0.2) is 0 Å². The average Bonchev–Trinajstić information content (AvgIpc) is 2.71. The van der Waals surface area contributed by atoms with Gasteiger partial charge in [0.2, 0.25) is 0 Å². The molecule has 2 rings (SSSR count). The normalized spacial score (nSPS) is 11.7. The van der Waals surface area contributed by atoms with Crippen LogP contribution in [0.25, 0.3) is 10.9 Å². The lowest BCUT2D eigenvalue weighted by atomic mass is 9.94. The molecule has 2 aromatic rings. The summed E-state index contributed by atoms with van der Waals surface area (Å²) in [4.78, 5) is 21.4. The van der Waals surface area contributed by atoms with Crippen molar-refractivity contribution in [2.24, 2.45) is 5.41 Å². The highest BCUT2D eigenvalue weighted by Crippen LogP contribution is 2.24. The Labute approximate surface area is 108 Å². The highest BCUT2D eigenvalue weighted by Gasteiger charge is 2.28. The van der Waals surface area contributed by atoms with Crippen LogP contribution in [0, 0.1) is 15.5 Å². The van der Waals surface area contributed by atoms with E-state index < -0.39 is 16.3 Å². The van der Waals surface area contributed by atoms with Crippen LogP contribution in [0.5, 0.6) is 0 Å². The third-order valence-electron chi connectivity index (χ3n) is 2.96. The van der Waals surface area contributed by atoms with Gasteiger partial charge in [-0.2, -0.15) is 5.10 Å². The highest BCUT2D eigenvalue weighted by atomic mass is 16.6. The third kappa shape index (κ3) is 2.40. The number of carbonyl (C=O) groups is 1. The van der Waals surface area contributed by atoms with E-state index in [0.29, 0.717) is 5.52 Å². The molecule has 0 fully saturated rings. The van der Waals surface area contributed by atoms with Crippen molar-refractivity contribution in [1.29, 1.82) is 0 Å². The molecule has 0 aliphatic rings. The first-order chi connectivity index (χ1) is 8.81. The van der Waals surface area contributed by atoms with Crippen LogP contribution in [0.2, 0.25) is 0 Å². The van der Waals surface area contributed by atoms with Crippen LogP contribution < -0.4 is 0 Å². The molecule has 0 saturated carbocycles. The average molecular weight is 263 g/mol. The molecule has 100 valence electrons. The number of aliphatic carboxylic acids is 1. The van der Waals surface area contributed by atoms with Gasteiger partial charge in [-0.3, -0.25) is 19.6 Å². The van der Waals surface area contributed by atoms with Gasteiger partial charge in [0.05, 0.1) is 28.6 Å². The minimum atomic E-state index is -0.996. The number of benzene rings is 1. The van der Waals surface area contributed by atoms with Gasteiger partial charge in [-0.1, -0.05) is 0 Å². The number of carboxylic acid groups (broad SMARTS) is 1. The minimum Gasteiger partial charge on any atom is -0.481 e. The second-order valence-electron chi connectivity index (χ2n) is 4.99. The second-order valence-corrected chi connectivity index (χ2v) is 4.99. The third-order valence-corrected chi connectivity index (χ3v) is 2.96. The summed E-state index contributed by atoms with van der Waals surface area (Å²) < 4.78 is 1.48. The van der Waals surface area contributed by atoms with Crippen LogP contribution in [0.3, 0.4) is 0 Å². The number of hydrogen-bond donors (Lipinski definition) is 1. The summed E-state index contributed by atoms with van der Waals surface area (Å²) in [6.07, 6.45) is 1.57. The zero-order chi connectivity index (χ0) is 14.2. The number of nitrogens with zero attached hydrogens (tertiary/aromatic N) is 3. The van der Waals surface area contributed by atoms with E-state index in [1.807, 2.05) is 0 Å². The molecule has 7 heteroatoms. The summed E-state index contributed by atoms with van der Waals surface area (Å²) in [6, 6.07) is 4.40. The molecule has 0 spiro atoms.